The highest BCUT2D eigenvalue weighted by molar-refractivity contribution is 6.05. The smallest absolute Gasteiger partial charge is 0.260 e. The van der Waals surface area contributed by atoms with Crippen molar-refractivity contribution in [2.24, 2.45) is 33.0 Å². The molecule has 0 heterocycles. The van der Waals surface area contributed by atoms with Gasteiger partial charge in [0.2, 0.25) is 53.2 Å². The Labute approximate surface area is 410 Å². The largest absolute Gasteiger partial charge is 0.286 e. The molecule has 1 aliphatic rings. The van der Waals surface area contributed by atoms with E-state index < -0.39 is 32.6 Å². The summed E-state index contributed by atoms with van der Waals surface area (Å²) in [6.07, 6.45) is 4.13. The highest BCUT2D eigenvalue weighted by atomic mass is 16.2. The molecule has 0 atom stereocenters. The number of hydrogen-bond donors (Lipinski definition) is 0. The lowest BCUT2D eigenvalue weighted by molar-refractivity contribution is -0.155. The highest BCUT2D eigenvalue weighted by Gasteiger charge is 2.37. The van der Waals surface area contributed by atoms with E-state index in [2.05, 4.69) is 0 Å². The Morgan fingerprint density at radius 2 is 0.794 bits per heavy atom. The zero-order valence-electron chi connectivity index (χ0n) is 46.8. The van der Waals surface area contributed by atoms with Crippen molar-refractivity contribution in [1.82, 2.24) is 24.5 Å². The van der Waals surface area contributed by atoms with Gasteiger partial charge in [-0.05, 0) is 52.7 Å². The number of nitrogens with zero attached hydrogens (tertiary/aromatic N) is 5. The molecule has 0 aliphatic heterocycles. The molecule has 0 unspecified atom stereocenters. The fourth-order valence-electron chi connectivity index (χ4n) is 6.24. The first-order valence-corrected chi connectivity index (χ1v) is 23.4. The van der Waals surface area contributed by atoms with Crippen molar-refractivity contribution in [3.63, 3.8) is 0 Å². The van der Waals surface area contributed by atoms with Crippen LogP contribution in [0.15, 0.2) is 30.3 Å². The van der Waals surface area contributed by atoms with Crippen LogP contribution >= 0.6 is 0 Å². The maximum absolute atomic E-state index is 12.0. The molecule has 1 aliphatic carbocycles. The van der Waals surface area contributed by atoms with Crippen LogP contribution in [-0.4, -0.2) is 117 Å². The van der Waals surface area contributed by atoms with E-state index in [0.717, 1.165) is 30.6 Å². The predicted molar refractivity (Wildman–Crippen MR) is 269 cm³/mol. The Hall–Kier alpha value is -5.08. The van der Waals surface area contributed by atoms with Gasteiger partial charge in [0.15, 0.2) is 0 Å². The fraction of sp³-hybridized carbons (Fsp3) is 0.698. The SMILES string of the molecule is CC(=O)N(C(=O)C(C)(C)C)C(C)(C)C.CC(=O)N(C)C(=O)C(C)(C)C.CCN(C(C)=O)C(=O)C(C)(C)C.CN(C(=O)C1CCCC1)C(=O)C(C)(C)C.CN(C(=O)c1ccccc1)C(=O)C(C)(C)C. The predicted octanol–water partition coefficient (Wildman–Crippen LogP) is 9.21. The van der Waals surface area contributed by atoms with Crippen LogP contribution in [-0.2, 0) is 43.2 Å². The summed E-state index contributed by atoms with van der Waals surface area (Å²) in [5, 5.41) is 0. The molecule has 388 valence electrons. The average molecular weight is 958 g/mol. The van der Waals surface area contributed by atoms with Crippen molar-refractivity contribution in [3.05, 3.63) is 35.9 Å². The van der Waals surface area contributed by atoms with Crippen LogP contribution in [0, 0.1) is 33.0 Å². The van der Waals surface area contributed by atoms with Crippen LogP contribution in [0.25, 0.3) is 0 Å². The van der Waals surface area contributed by atoms with Crippen LogP contribution in [0.4, 0.5) is 0 Å². The number of amides is 10. The number of rotatable bonds is 3. The van der Waals surface area contributed by atoms with Crippen molar-refractivity contribution < 1.29 is 47.9 Å². The first-order chi connectivity index (χ1) is 30.2. The van der Waals surface area contributed by atoms with E-state index >= 15 is 0 Å². The van der Waals surface area contributed by atoms with Crippen molar-refractivity contribution in [3.8, 4) is 0 Å². The van der Waals surface area contributed by atoms with E-state index in [-0.39, 0.29) is 65.0 Å². The van der Waals surface area contributed by atoms with Crippen molar-refractivity contribution in [2.75, 3.05) is 27.7 Å². The van der Waals surface area contributed by atoms with Crippen LogP contribution in [0.5, 0.6) is 0 Å². The third-order valence-corrected chi connectivity index (χ3v) is 10.1. The first kappa shape index (κ1) is 67.2. The molecule has 10 amide bonds. The zero-order chi connectivity index (χ0) is 54.9. The lowest BCUT2D eigenvalue weighted by Gasteiger charge is -2.37. The average Bonchev–Trinajstić information content (AvgIpc) is 3.73. The number of benzene rings is 1. The number of hydrogen-bond acceptors (Lipinski definition) is 10. The lowest BCUT2D eigenvalue weighted by Crippen LogP contribution is -2.52. The molecule has 15 heteroatoms. The minimum Gasteiger partial charge on any atom is -0.286 e. The summed E-state index contributed by atoms with van der Waals surface area (Å²) < 4.78 is 0. The molecule has 1 aromatic carbocycles. The molecule has 0 aromatic heterocycles. The topological polar surface area (TPSA) is 187 Å². The minimum absolute atomic E-state index is 0.00688. The van der Waals surface area contributed by atoms with Gasteiger partial charge in [0, 0.05) is 92.6 Å². The van der Waals surface area contributed by atoms with E-state index in [1.54, 1.807) is 101 Å². The Morgan fingerprint density at radius 3 is 1.03 bits per heavy atom. The summed E-state index contributed by atoms with van der Waals surface area (Å²) in [6.45, 7) is 39.2. The molecule has 1 saturated carbocycles. The molecule has 68 heavy (non-hydrogen) atoms. The molecule has 0 spiro atoms. The molecule has 0 radical (unpaired) electrons. The van der Waals surface area contributed by atoms with Gasteiger partial charge in [-0.25, -0.2) is 0 Å². The van der Waals surface area contributed by atoms with Gasteiger partial charge in [-0.3, -0.25) is 72.4 Å². The van der Waals surface area contributed by atoms with Crippen molar-refractivity contribution in [2.45, 2.75) is 184 Å². The Morgan fingerprint density at radius 1 is 0.456 bits per heavy atom. The normalized spacial score (nSPS) is 12.8. The van der Waals surface area contributed by atoms with Gasteiger partial charge in [-0.15, -0.1) is 0 Å². The maximum Gasteiger partial charge on any atom is 0.260 e. The minimum atomic E-state index is -0.542. The monoisotopic (exact) mass is 958 g/mol. The van der Waals surface area contributed by atoms with Gasteiger partial charge in [-0.1, -0.05) is 135 Å². The maximum atomic E-state index is 12.0. The summed E-state index contributed by atoms with van der Waals surface area (Å²) in [5.41, 5.74) is -2.39. The molecular weight excluding hydrogens is 867 g/mol. The van der Waals surface area contributed by atoms with E-state index in [1.165, 1.54) is 54.5 Å². The standard InChI is InChI=1S/C13H17NO2.C12H21NO2.C11H21NO2.C9H17NO2.C8H15NO2/c1-13(2,3)12(16)14(4)11(15)10-8-6-5-7-9-10;1-12(2,3)11(15)13(4)10(14)9-7-5-6-8-9;1-8(13)12(11(5,6)7)9(14)10(2,3)4;1-6-10(7(2)11)8(12)9(3,4)5;1-6(10)9(5)7(11)8(2,3)4/h5-9H,1-4H3;9H,5-8H2,1-4H3;1-7H3;6H2,1-5H3;1-5H3. The second-order valence-electron chi connectivity index (χ2n) is 23.3. The van der Waals surface area contributed by atoms with Gasteiger partial charge < -0.3 is 0 Å². The summed E-state index contributed by atoms with van der Waals surface area (Å²) in [6, 6.07) is 8.80. The quantitative estimate of drug-likeness (QED) is 0.283. The molecule has 1 fully saturated rings. The Kier molecular flexibility index (Phi) is 26.9. The second-order valence-corrected chi connectivity index (χ2v) is 23.3. The summed E-state index contributed by atoms with van der Waals surface area (Å²) >= 11 is 0. The van der Waals surface area contributed by atoms with Crippen LogP contribution in [0.1, 0.15) is 188 Å². The molecule has 0 bridgehead atoms. The number of imide groups is 5. The van der Waals surface area contributed by atoms with Gasteiger partial charge in [0.25, 0.3) is 5.91 Å². The second kappa shape index (κ2) is 27.2. The zero-order valence-corrected chi connectivity index (χ0v) is 46.8. The summed E-state index contributed by atoms with van der Waals surface area (Å²) in [4.78, 5) is 122. The molecule has 15 nitrogen and oxygen atoms in total. The third kappa shape index (κ3) is 23.8. The lowest BCUT2D eigenvalue weighted by atomic mass is 9.92. The van der Waals surface area contributed by atoms with Gasteiger partial charge in [-0.2, -0.15) is 0 Å². The first-order valence-electron chi connectivity index (χ1n) is 23.4. The molecule has 2 rings (SSSR count). The molecular formula is C53H91N5O10. The van der Waals surface area contributed by atoms with Gasteiger partial charge >= 0.3 is 0 Å². The van der Waals surface area contributed by atoms with Crippen molar-refractivity contribution >= 4 is 59.1 Å². The molecule has 1 aromatic rings. The van der Waals surface area contributed by atoms with E-state index in [9.17, 15) is 47.9 Å². The van der Waals surface area contributed by atoms with Crippen LogP contribution in [0.3, 0.4) is 0 Å². The Bertz CT molecular complexity index is 1890. The summed E-state index contributed by atoms with van der Waals surface area (Å²) in [5.74, 6) is -1.42. The fourth-order valence-corrected chi connectivity index (χ4v) is 6.24. The Balaban J connectivity index is -0.000000782. The van der Waals surface area contributed by atoms with Gasteiger partial charge in [0.05, 0.1) is 0 Å². The molecule has 0 N–H and O–H groups in total. The highest BCUT2D eigenvalue weighted by Crippen LogP contribution is 2.28. The summed E-state index contributed by atoms with van der Waals surface area (Å²) in [7, 11) is 4.62. The number of carbonyl (C=O) groups is 10. The van der Waals surface area contributed by atoms with E-state index in [4.69, 9.17) is 0 Å². The van der Waals surface area contributed by atoms with Crippen LogP contribution in [0.2, 0.25) is 0 Å². The number of carbonyl (C=O) groups excluding carboxylic acids is 10. The third-order valence-electron chi connectivity index (χ3n) is 10.1. The van der Waals surface area contributed by atoms with E-state index in [1.807, 2.05) is 68.4 Å². The van der Waals surface area contributed by atoms with Gasteiger partial charge in [0.1, 0.15) is 0 Å². The van der Waals surface area contributed by atoms with Crippen molar-refractivity contribution in [1.29, 1.82) is 0 Å². The van der Waals surface area contributed by atoms with Crippen LogP contribution < -0.4 is 0 Å². The van der Waals surface area contributed by atoms with E-state index in [0.29, 0.717) is 12.1 Å². The molecule has 0 saturated heterocycles.